The van der Waals surface area contributed by atoms with E-state index in [9.17, 15) is 10.1 Å². The van der Waals surface area contributed by atoms with Crippen molar-refractivity contribution in [3.8, 4) is 17.6 Å². The topological polar surface area (TPSA) is 79.5 Å². The molecule has 2 aromatic carbocycles. The molecule has 0 spiro atoms. The van der Waals surface area contributed by atoms with Crippen LogP contribution in [0.15, 0.2) is 36.4 Å². The lowest BCUT2D eigenvalue weighted by Gasteiger charge is -2.18. The van der Waals surface area contributed by atoms with E-state index in [1.54, 1.807) is 25.3 Å². The van der Waals surface area contributed by atoms with Crippen LogP contribution < -0.4 is 9.47 Å². The molecule has 1 N–H and O–H groups in total. The molecule has 0 heterocycles. The minimum absolute atomic E-state index is 0.0708. The molecule has 5 heteroatoms. The van der Waals surface area contributed by atoms with Crippen LogP contribution in [-0.4, -0.2) is 24.3 Å². The average molecular weight is 365 g/mol. The summed E-state index contributed by atoms with van der Waals surface area (Å²) in [5, 5.41) is 18.5. The Kier molecular flexibility index (Phi) is 6.62. The molecule has 0 saturated carbocycles. The number of ether oxygens (including phenoxy) is 2. The molecule has 1 atom stereocenters. The minimum Gasteiger partial charge on any atom is -0.493 e. The van der Waals surface area contributed by atoms with Crippen LogP contribution in [0.3, 0.4) is 0 Å². The van der Waals surface area contributed by atoms with Gasteiger partial charge in [0.2, 0.25) is 0 Å². The number of nitrogens with zero attached hydrogens (tertiary/aromatic N) is 1. The molecule has 0 aliphatic carbocycles. The molecule has 1 unspecified atom stereocenters. The Labute approximate surface area is 159 Å². The Morgan fingerprint density at radius 2 is 1.89 bits per heavy atom. The van der Waals surface area contributed by atoms with Crippen LogP contribution in [-0.2, 0) is 0 Å². The first-order valence-corrected chi connectivity index (χ1v) is 8.70. The van der Waals surface area contributed by atoms with Gasteiger partial charge in [-0.05, 0) is 67.3 Å². The molecule has 0 aromatic heterocycles. The summed E-state index contributed by atoms with van der Waals surface area (Å²) in [6, 6.07) is 12.2. The van der Waals surface area contributed by atoms with Gasteiger partial charge < -0.3 is 14.6 Å². The first kappa shape index (κ1) is 20.1. The third kappa shape index (κ3) is 4.89. The van der Waals surface area contributed by atoms with Gasteiger partial charge >= 0.3 is 5.97 Å². The van der Waals surface area contributed by atoms with Gasteiger partial charge in [-0.25, -0.2) is 4.79 Å². The van der Waals surface area contributed by atoms with Gasteiger partial charge in [-0.2, -0.15) is 5.26 Å². The number of carboxylic acid groups (broad SMARTS) is 1. The van der Waals surface area contributed by atoms with E-state index in [4.69, 9.17) is 14.6 Å². The van der Waals surface area contributed by atoms with Crippen LogP contribution in [0.1, 0.15) is 47.3 Å². The van der Waals surface area contributed by atoms with Crippen molar-refractivity contribution in [2.24, 2.45) is 0 Å². The highest BCUT2D eigenvalue weighted by Crippen LogP contribution is 2.34. The zero-order valence-corrected chi connectivity index (χ0v) is 15.9. The third-order valence-corrected chi connectivity index (χ3v) is 4.25. The summed E-state index contributed by atoms with van der Waals surface area (Å²) in [5.74, 6) is 0.315. The van der Waals surface area contributed by atoms with Gasteiger partial charge in [0.25, 0.3) is 0 Å². The number of carbonyl (C=O) groups is 1. The monoisotopic (exact) mass is 365 g/mol. The molecular weight excluding hydrogens is 342 g/mol. The second-order valence-corrected chi connectivity index (χ2v) is 6.26. The number of hydrogen-bond acceptors (Lipinski definition) is 4. The Bertz CT molecular complexity index is 892. The second-order valence-electron chi connectivity index (χ2n) is 6.26. The summed E-state index contributed by atoms with van der Waals surface area (Å²) in [4.78, 5) is 11.0. The standard InChI is InChI=1S/C22H23NO4/c1-5-15(3)27-21-14(2)10-16(12-20(21)26-4)11-19(13-23)17-6-8-18(9-7-17)22(24)25/h6-12,15H,5H2,1-4H3,(H,24,25). The summed E-state index contributed by atoms with van der Waals surface area (Å²) in [5.41, 5.74) is 2.99. The molecule has 5 nitrogen and oxygen atoms in total. The van der Waals surface area contributed by atoms with E-state index in [0.29, 0.717) is 22.6 Å². The van der Waals surface area contributed by atoms with Crippen molar-refractivity contribution in [3.05, 3.63) is 58.7 Å². The lowest BCUT2D eigenvalue weighted by atomic mass is 10.0. The van der Waals surface area contributed by atoms with Crippen molar-refractivity contribution in [1.82, 2.24) is 0 Å². The quantitative estimate of drug-likeness (QED) is 0.555. The van der Waals surface area contributed by atoms with E-state index in [1.807, 2.05) is 26.0 Å². The van der Waals surface area contributed by atoms with E-state index in [2.05, 4.69) is 13.0 Å². The number of aromatic carboxylic acids is 1. The average Bonchev–Trinajstić information content (AvgIpc) is 2.67. The van der Waals surface area contributed by atoms with Gasteiger partial charge in [0, 0.05) is 0 Å². The number of carboxylic acids is 1. The molecule has 140 valence electrons. The third-order valence-electron chi connectivity index (χ3n) is 4.25. The fraction of sp³-hybridized carbons (Fsp3) is 0.273. The van der Waals surface area contributed by atoms with E-state index < -0.39 is 5.97 Å². The van der Waals surface area contributed by atoms with Crippen molar-refractivity contribution in [2.75, 3.05) is 7.11 Å². The van der Waals surface area contributed by atoms with Gasteiger partial charge in [0.15, 0.2) is 11.5 Å². The lowest BCUT2D eigenvalue weighted by molar-refractivity contribution is 0.0697. The van der Waals surface area contributed by atoms with Gasteiger partial charge in [-0.15, -0.1) is 0 Å². The number of hydrogen-bond donors (Lipinski definition) is 1. The van der Waals surface area contributed by atoms with Crippen molar-refractivity contribution in [3.63, 3.8) is 0 Å². The number of allylic oxidation sites excluding steroid dienone is 1. The molecule has 0 saturated heterocycles. The Morgan fingerprint density at radius 1 is 1.26 bits per heavy atom. The van der Waals surface area contributed by atoms with E-state index >= 15 is 0 Å². The van der Waals surface area contributed by atoms with Gasteiger partial charge in [0.05, 0.1) is 30.4 Å². The zero-order valence-electron chi connectivity index (χ0n) is 15.9. The summed E-state index contributed by atoms with van der Waals surface area (Å²) >= 11 is 0. The zero-order chi connectivity index (χ0) is 20.0. The van der Waals surface area contributed by atoms with Gasteiger partial charge in [-0.3, -0.25) is 0 Å². The molecular formula is C22H23NO4. The fourth-order valence-corrected chi connectivity index (χ4v) is 2.58. The maximum atomic E-state index is 11.0. The predicted molar refractivity (Wildman–Crippen MR) is 105 cm³/mol. The second kappa shape index (κ2) is 8.91. The summed E-state index contributed by atoms with van der Waals surface area (Å²) in [7, 11) is 1.58. The number of nitriles is 1. The minimum atomic E-state index is -0.999. The van der Waals surface area contributed by atoms with Crippen LogP contribution in [0.2, 0.25) is 0 Å². The van der Waals surface area contributed by atoms with Crippen molar-refractivity contribution >= 4 is 17.6 Å². The van der Waals surface area contributed by atoms with Crippen LogP contribution in [0, 0.1) is 18.3 Å². The van der Waals surface area contributed by atoms with Crippen molar-refractivity contribution in [1.29, 1.82) is 5.26 Å². The molecule has 0 aliphatic heterocycles. The maximum absolute atomic E-state index is 11.0. The number of aryl methyl sites for hydroxylation is 1. The molecule has 0 fully saturated rings. The highest BCUT2D eigenvalue weighted by atomic mass is 16.5. The van der Waals surface area contributed by atoms with Crippen molar-refractivity contribution < 1.29 is 19.4 Å². The number of benzene rings is 2. The first-order valence-electron chi connectivity index (χ1n) is 8.70. The van der Waals surface area contributed by atoms with E-state index in [0.717, 1.165) is 17.5 Å². The van der Waals surface area contributed by atoms with Gasteiger partial charge in [-0.1, -0.05) is 19.1 Å². The maximum Gasteiger partial charge on any atom is 0.335 e. The Morgan fingerprint density at radius 3 is 2.41 bits per heavy atom. The highest BCUT2D eigenvalue weighted by Gasteiger charge is 2.13. The molecule has 2 aromatic rings. The molecule has 0 aliphatic rings. The molecule has 2 rings (SSSR count). The molecule has 0 radical (unpaired) electrons. The normalized spacial score (nSPS) is 12.2. The van der Waals surface area contributed by atoms with Crippen molar-refractivity contribution in [2.45, 2.75) is 33.3 Å². The summed E-state index contributed by atoms with van der Waals surface area (Å²) < 4.78 is 11.4. The largest absolute Gasteiger partial charge is 0.493 e. The van der Waals surface area contributed by atoms with Crippen LogP contribution in [0.4, 0.5) is 0 Å². The SMILES string of the molecule is CCC(C)Oc1c(C)cc(C=C(C#N)c2ccc(C(=O)O)cc2)cc1OC. The fourth-order valence-electron chi connectivity index (χ4n) is 2.58. The lowest BCUT2D eigenvalue weighted by Crippen LogP contribution is -2.11. The molecule has 0 amide bonds. The van der Waals surface area contributed by atoms with Gasteiger partial charge in [0.1, 0.15) is 0 Å². The van der Waals surface area contributed by atoms with E-state index in [-0.39, 0.29) is 11.7 Å². The Balaban J connectivity index is 2.42. The Hall–Kier alpha value is -3.26. The number of rotatable bonds is 7. The van der Waals surface area contributed by atoms with Crippen LogP contribution >= 0.6 is 0 Å². The first-order chi connectivity index (χ1) is 12.9. The van der Waals surface area contributed by atoms with E-state index in [1.165, 1.54) is 12.1 Å². The smallest absolute Gasteiger partial charge is 0.335 e. The van der Waals surface area contributed by atoms with Crippen LogP contribution in [0.5, 0.6) is 11.5 Å². The molecule has 0 bridgehead atoms. The number of methoxy groups -OCH3 is 1. The highest BCUT2D eigenvalue weighted by molar-refractivity contribution is 5.92. The summed E-state index contributed by atoms with van der Waals surface area (Å²) in [6.45, 7) is 5.99. The summed E-state index contributed by atoms with van der Waals surface area (Å²) in [6.07, 6.45) is 2.70. The van der Waals surface area contributed by atoms with Crippen LogP contribution in [0.25, 0.3) is 11.6 Å². The predicted octanol–water partition coefficient (Wildman–Crippen LogP) is 4.94. The molecule has 27 heavy (non-hydrogen) atoms.